The third-order valence-electron chi connectivity index (χ3n) is 4.73. The minimum Gasteiger partial charge on any atom is -0.459 e. The number of anilines is 3. The van der Waals surface area contributed by atoms with E-state index in [1.54, 1.807) is 34.3 Å². The van der Waals surface area contributed by atoms with Crippen LogP contribution in [0.4, 0.5) is 17.3 Å². The molecule has 0 unspecified atom stereocenters. The summed E-state index contributed by atoms with van der Waals surface area (Å²) in [5.41, 5.74) is 8.44. The van der Waals surface area contributed by atoms with Gasteiger partial charge in [0.25, 0.3) is 5.91 Å². The third kappa shape index (κ3) is 2.98. The molecule has 142 valence electrons. The molecule has 0 saturated heterocycles. The van der Waals surface area contributed by atoms with Gasteiger partial charge in [-0.15, -0.1) is 0 Å². The Hall–Kier alpha value is -3.68. The molecule has 2 aromatic heterocycles. The van der Waals surface area contributed by atoms with E-state index >= 15 is 0 Å². The summed E-state index contributed by atoms with van der Waals surface area (Å²) in [6.07, 6.45) is 4.71. The topological polar surface area (TPSA) is 106 Å². The Balaban J connectivity index is 1.84. The number of hydrogen-bond acceptors (Lipinski definition) is 6. The van der Waals surface area contributed by atoms with Gasteiger partial charge >= 0.3 is 0 Å². The Morgan fingerprint density at radius 3 is 2.54 bits per heavy atom. The first kappa shape index (κ1) is 17.7. The SMILES string of the molecule is CC(=O)N1c2ccc(-c3cnc(N)nc3)cc2N(C(=O)c2ccco2)C[C@@H]1C. The minimum atomic E-state index is -0.257. The number of nitrogen functional groups attached to an aromatic ring is 1. The average molecular weight is 377 g/mol. The molecule has 3 aromatic rings. The van der Waals surface area contributed by atoms with Gasteiger partial charge in [-0.2, -0.15) is 0 Å². The number of fused-ring (bicyclic) bond motifs is 1. The number of rotatable bonds is 2. The van der Waals surface area contributed by atoms with E-state index in [0.29, 0.717) is 17.9 Å². The largest absolute Gasteiger partial charge is 0.459 e. The molecular formula is C20H19N5O3. The fourth-order valence-corrected chi connectivity index (χ4v) is 3.50. The first-order valence-electron chi connectivity index (χ1n) is 8.83. The van der Waals surface area contributed by atoms with E-state index < -0.39 is 0 Å². The first-order valence-corrected chi connectivity index (χ1v) is 8.83. The molecule has 8 nitrogen and oxygen atoms in total. The van der Waals surface area contributed by atoms with Crippen molar-refractivity contribution in [1.29, 1.82) is 0 Å². The van der Waals surface area contributed by atoms with Gasteiger partial charge in [0.2, 0.25) is 11.9 Å². The molecule has 1 aliphatic rings. The molecule has 2 amide bonds. The summed E-state index contributed by atoms with van der Waals surface area (Å²) < 4.78 is 5.30. The van der Waals surface area contributed by atoms with E-state index in [-0.39, 0.29) is 29.6 Å². The molecule has 1 atom stereocenters. The average Bonchev–Trinajstić information content (AvgIpc) is 3.21. The Morgan fingerprint density at radius 1 is 1.14 bits per heavy atom. The number of amides is 2. The van der Waals surface area contributed by atoms with Crippen molar-refractivity contribution in [3.05, 3.63) is 54.7 Å². The molecule has 0 bridgehead atoms. The summed E-state index contributed by atoms with van der Waals surface area (Å²) >= 11 is 0. The van der Waals surface area contributed by atoms with Crippen LogP contribution >= 0.6 is 0 Å². The number of hydrogen-bond donors (Lipinski definition) is 1. The number of aromatic nitrogens is 2. The molecular weight excluding hydrogens is 358 g/mol. The fourth-order valence-electron chi connectivity index (χ4n) is 3.50. The van der Waals surface area contributed by atoms with Gasteiger partial charge in [-0.25, -0.2) is 9.97 Å². The molecule has 4 rings (SSSR count). The van der Waals surface area contributed by atoms with Crippen LogP contribution in [0.25, 0.3) is 11.1 Å². The van der Waals surface area contributed by atoms with Gasteiger partial charge in [-0.1, -0.05) is 6.07 Å². The smallest absolute Gasteiger partial charge is 0.294 e. The Morgan fingerprint density at radius 2 is 1.89 bits per heavy atom. The van der Waals surface area contributed by atoms with Crippen molar-refractivity contribution in [2.24, 2.45) is 0 Å². The van der Waals surface area contributed by atoms with Crippen LogP contribution in [-0.2, 0) is 4.79 Å². The molecule has 0 radical (unpaired) electrons. The molecule has 2 N–H and O–H groups in total. The Labute approximate surface area is 161 Å². The fraction of sp³-hybridized carbons (Fsp3) is 0.200. The van der Waals surface area contributed by atoms with Crippen LogP contribution in [-0.4, -0.2) is 34.4 Å². The zero-order valence-corrected chi connectivity index (χ0v) is 15.5. The summed E-state index contributed by atoms with van der Waals surface area (Å²) in [5.74, 6) is 0.0954. The van der Waals surface area contributed by atoms with Gasteiger partial charge in [0.1, 0.15) is 0 Å². The first-order chi connectivity index (χ1) is 13.5. The number of furan rings is 1. The van der Waals surface area contributed by atoms with Crippen LogP contribution in [0.3, 0.4) is 0 Å². The zero-order valence-electron chi connectivity index (χ0n) is 15.5. The van der Waals surface area contributed by atoms with Crippen molar-refractivity contribution in [3.8, 4) is 11.1 Å². The van der Waals surface area contributed by atoms with Gasteiger partial charge in [-0.05, 0) is 36.8 Å². The van der Waals surface area contributed by atoms with E-state index in [1.807, 2.05) is 25.1 Å². The van der Waals surface area contributed by atoms with Crippen LogP contribution in [0.2, 0.25) is 0 Å². The molecule has 28 heavy (non-hydrogen) atoms. The predicted molar refractivity (Wildman–Crippen MR) is 105 cm³/mol. The highest BCUT2D eigenvalue weighted by molar-refractivity contribution is 6.10. The Kier molecular flexibility index (Phi) is 4.31. The maximum atomic E-state index is 13.0. The highest BCUT2D eigenvalue weighted by Crippen LogP contribution is 2.39. The lowest BCUT2D eigenvalue weighted by atomic mass is 10.0. The molecule has 0 spiro atoms. The van der Waals surface area contributed by atoms with Crippen molar-refractivity contribution in [1.82, 2.24) is 9.97 Å². The van der Waals surface area contributed by atoms with Crippen LogP contribution in [0.1, 0.15) is 24.4 Å². The van der Waals surface area contributed by atoms with Crippen molar-refractivity contribution in [3.63, 3.8) is 0 Å². The number of nitrogens with two attached hydrogens (primary N) is 1. The minimum absolute atomic E-state index is 0.0811. The van der Waals surface area contributed by atoms with E-state index in [0.717, 1.165) is 11.1 Å². The second-order valence-corrected chi connectivity index (χ2v) is 6.66. The lowest BCUT2D eigenvalue weighted by Gasteiger charge is -2.40. The van der Waals surface area contributed by atoms with Crippen molar-refractivity contribution in [2.75, 3.05) is 22.1 Å². The van der Waals surface area contributed by atoms with E-state index in [1.165, 1.54) is 13.2 Å². The van der Waals surface area contributed by atoms with E-state index in [2.05, 4.69) is 9.97 Å². The quantitative estimate of drug-likeness (QED) is 0.736. The molecule has 0 aliphatic carbocycles. The molecule has 0 saturated carbocycles. The summed E-state index contributed by atoms with van der Waals surface area (Å²) in [6.45, 7) is 3.79. The van der Waals surface area contributed by atoms with Gasteiger partial charge < -0.3 is 20.0 Å². The van der Waals surface area contributed by atoms with Gasteiger partial charge in [0.15, 0.2) is 5.76 Å². The zero-order chi connectivity index (χ0) is 19.8. The summed E-state index contributed by atoms with van der Waals surface area (Å²) in [6, 6.07) is 8.69. The van der Waals surface area contributed by atoms with Crippen molar-refractivity contribution in [2.45, 2.75) is 19.9 Å². The van der Waals surface area contributed by atoms with Gasteiger partial charge in [0.05, 0.1) is 23.7 Å². The van der Waals surface area contributed by atoms with Crippen molar-refractivity contribution < 1.29 is 14.0 Å². The van der Waals surface area contributed by atoms with E-state index in [4.69, 9.17) is 10.2 Å². The number of nitrogens with zero attached hydrogens (tertiary/aromatic N) is 4. The molecule has 0 fully saturated rings. The van der Waals surface area contributed by atoms with Crippen LogP contribution in [0, 0.1) is 0 Å². The maximum absolute atomic E-state index is 13.0. The number of carbonyl (C=O) groups is 2. The summed E-state index contributed by atoms with van der Waals surface area (Å²) in [4.78, 5) is 36.7. The second-order valence-electron chi connectivity index (χ2n) is 6.66. The Bertz CT molecular complexity index is 1030. The number of benzene rings is 1. The third-order valence-corrected chi connectivity index (χ3v) is 4.73. The molecule has 3 heterocycles. The lowest BCUT2D eigenvalue weighted by molar-refractivity contribution is -0.117. The predicted octanol–water partition coefficient (Wildman–Crippen LogP) is 2.72. The highest BCUT2D eigenvalue weighted by atomic mass is 16.3. The monoisotopic (exact) mass is 377 g/mol. The molecule has 8 heteroatoms. The van der Waals surface area contributed by atoms with Crippen LogP contribution in [0.5, 0.6) is 0 Å². The van der Waals surface area contributed by atoms with Gasteiger partial charge in [-0.3, -0.25) is 9.59 Å². The molecule has 1 aliphatic heterocycles. The lowest BCUT2D eigenvalue weighted by Crippen LogP contribution is -2.51. The maximum Gasteiger partial charge on any atom is 0.294 e. The van der Waals surface area contributed by atoms with Crippen LogP contribution in [0.15, 0.2) is 53.4 Å². The second kappa shape index (κ2) is 6.80. The van der Waals surface area contributed by atoms with E-state index in [9.17, 15) is 9.59 Å². The number of carbonyl (C=O) groups excluding carboxylic acids is 2. The van der Waals surface area contributed by atoms with Crippen LogP contribution < -0.4 is 15.5 Å². The normalized spacial score (nSPS) is 16.0. The summed E-state index contributed by atoms with van der Waals surface area (Å²) in [5, 5.41) is 0. The van der Waals surface area contributed by atoms with Crippen molar-refractivity contribution >= 4 is 29.1 Å². The molecule has 1 aromatic carbocycles. The van der Waals surface area contributed by atoms with Gasteiger partial charge in [0, 0.05) is 31.4 Å². The highest BCUT2D eigenvalue weighted by Gasteiger charge is 2.34. The summed E-state index contributed by atoms with van der Waals surface area (Å²) in [7, 11) is 0. The standard InChI is InChI=1S/C20H19N5O3/c1-12-11-24(19(27)18-4-3-7-28-18)17-8-14(15-9-22-20(21)23-10-15)5-6-16(17)25(12)13(2)26/h3-10,12H,11H2,1-2H3,(H2,21,22,23)/t12-/m0/s1.